The number of amides is 1. The molecule has 21 heavy (non-hydrogen) atoms. The molecule has 1 aliphatic rings. The molecule has 0 spiro atoms. The summed E-state index contributed by atoms with van der Waals surface area (Å²) in [5, 5.41) is 3.17. The molecule has 1 fully saturated rings. The SMILES string of the molecule is CC(C)Oc1ccc(NCC(=O)N2CCN(C)CC2)cc1. The maximum absolute atomic E-state index is 12.1. The standard InChI is InChI=1S/C16H25N3O2/c1-13(2)21-15-6-4-14(5-7-15)17-12-16(20)19-10-8-18(3)9-11-19/h4-7,13,17H,8-12H2,1-3H3. The predicted molar refractivity (Wildman–Crippen MR) is 84.8 cm³/mol. The lowest BCUT2D eigenvalue weighted by atomic mass is 10.3. The van der Waals surface area contributed by atoms with E-state index in [2.05, 4.69) is 17.3 Å². The Bertz CT molecular complexity index is 451. The summed E-state index contributed by atoms with van der Waals surface area (Å²) in [7, 11) is 2.08. The van der Waals surface area contributed by atoms with Crippen LogP contribution in [0.3, 0.4) is 0 Å². The van der Waals surface area contributed by atoms with E-state index in [0.717, 1.165) is 37.6 Å². The van der Waals surface area contributed by atoms with E-state index in [-0.39, 0.29) is 12.0 Å². The first-order valence-corrected chi connectivity index (χ1v) is 7.51. The van der Waals surface area contributed by atoms with Gasteiger partial charge in [-0.2, -0.15) is 0 Å². The number of ether oxygens (including phenoxy) is 1. The maximum Gasteiger partial charge on any atom is 0.241 e. The third kappa shape index (κ3) is 4.93. The Morgan fingerprint density at radius 2 is 1.81 bits per heavy atom. The number of hydrogen-bond donors (Lipinski definition) is 1. The van der Waals surface area contributed by atoms with Gasteiger partial charge in [-0.15, -0.1) is 0 Å². The summed E-state index contributed by atoms with van der Waals surface area (Å²) in [5.74, 6) is 1.01. The van der Waals surface area contributed by atoms with Crippen molar-refractivity contribution >= 4 is 11.6 Å². The lowest BCUT2D eigenvalue weighted by Gasteiger charge is -2.32. The summed E-state index contributed by atoms with van der Waals surface area (Å²) in [6.45, 7) is 7.88. The van der Waals surface area contributed by atoms with Crippen molar-refractivity contribution in [3.63, 3.8) is 0 Å². The van der Waals surface area contributed by atoms with Gasteiger partial charge in [0.15, 0.2) is 0 Å². The second kappa shape index (κ2) is 7.31. The van der Waals surface area contributed by atoms with Gasteiger partial charge in [0.25, 0.3) is 0 Å². The van der Waals surface area contributed by atoms with Crippen LogP contribution in [0.25, 0.3) is 0 Å². The van der Waals surface area contributed by atoms with E-state index in [1.807, 2.05) is 43.0 Å². The minimum absolute atomic E-state index is 0.158. The van der Waals surface area contributed by atoms with Crippen LogP contribution in [-0.4, -0.2) is 61.6 Å². The van der Waals surface area contributed by atoms with Crippen molar-refractivity contribution in [2.75, 3.05) is 45.1 Å². The molecule has 0 aliphatic carbocycles. The number of benzene rings is 1. The molecule has 1 N–H and O–H groups in total. The van der Waals surface area contributed by atoms with Gasteiger partial charge in [0.2, 0.25) is 5.91 Å². The Morgan fingerprint density at radius 1 is 1.19 bits per heavy atom. The average molecular weight is 291 g/mol. The monoisotopic (exact) mass is 291 g/mol. The van der Waals surface area contributed by atoms with E-state index in [9.17, 15) is 4.79 Å². The second-order valence-electron chi connectivity index (χ2n) is 5.73. The van der Waals surface area contributed by atoms with Crippen LogP contribution in [0, 0.1) is 0 Å². The summed E-state index contributed by atoms with van der Waals surface area (Å²) >= 11 is 0. The summed E-state index contributed by atoms with van der Waals surface area (Å²) in [5.41, 5.74) is 0.939. The lowest BCUT2D eigenvalue weighted by molar-refractivity contribution is -0.130. The van der Waals surface area contributed by atoms with Crippen molar-refractivity contribution < 1.29 is 9.53 Å². The maximum atomic E-state index is 12.1. The van der Waals surface area contributed by atoms with Gasteiger partial charge in [-0.25, -0.2) is 0 Å². The van der Waals surface area contributed by atoms with Crippen LogP contribution in [0.4, 0.5) is 5.69 Å². The number of likely N-dealkylation sites (N-methyl/N-ethyl adjacent to an activating group) is 1. The number of rotatable bonds is 5. The van der Waals surface area contributed by atoms with Crippen LogP contribution in [-0.2, 0) is 4.79 Å². The van der Waals surface area contributed by atoms with Crippen LogP contribution in [0.15, 0.2) is 24.3 Å². The molecule has 1 aromatic rings. The molecule has 1 aliphatic heterocycles. The number of nitrogens with one attached hydrogen (secondary N) is 1. The molecule has 0 saturated carbocycles. The number of carbonyl (C=O) groups excluding carboxylic acids is 1. The second-order valence-corrected chi connectivity index (χ2v) is 5.73. The summed E-state index contributed by atoms with van der Waals surface area (Å²) in [4.78, 5) is 16.3. The molecule has 116 valence electrons. The Morgan fingerprint density at radius 3 is 2.38 bits per heavy atom. The van der Waals surface area contributed by atoms with E-state index < -0.39 is 0 Å². The number of carbonyl (C=O) groups is 1. The molecule has 0 radical (unpaired) electrons. The fourth-order valence-electron chi connectivity index (χ4n) is 2.27. The first kappa shape index (κ1) is 15.6. The molecule has 5 nitrogen and oxygen atoms in total. The molecule has 1 aromatic carbocycles. The highest BCUT2D eigenvalue weighted by atomic mass is 16.5. The first-order chi connectivity index (χ1) is 10.0. The lowest BCUT2D eigenvalue weighted by Crippen LogP contribution is -2.48. The van der Waals surface area contributed by atoms with Gasteiger partial charge >= 0.3 is 0 Å². The minimum atomic E-state index is 0.158. The van der Waals surface area contributed by atoms with E-state index >= 15 is 0 Å². The average Bonchev–Trinajstić information content (AvgIpc) is 2.46. The molecule has 0 aromatic heterocycles. The van der Waals surface area contributed by atoms with E-state index in [4.69, 9.17) is 4.74 Å². The van der Waals surface area contributed by atoms with Gasteiger partial charge in [0, 0.05) is 31.9 Å². The van der Waals surface area contributed by atoms with Crippen molar-refractivity contribution in [1.29, 1.82) is 0 Å². The van der Waals surface area contributed by atoms with Crippen LogP contribution >= 0.6 is 0 Å². The number of anilines is 1. The number of hydrogen-bond acceptors (Lipinski definition) is 4. The molecule has 1 amide bonds. The predicted octanol–water partition coefficient (Wildman–Crippen LogP) is 1.66. The fourth-order valence-corrected chi connectivity index (χ4v) is 2.27. The molecular formula is C16H25N3O2. The molecule has 1 saturated heterocycles. The van der Waals surface area contributed by atoms with Gasteiger partial charge in [0.1, 0.15) is 5.75 Å². The molecule has 2 rings (SSSR count). The summed E-state index contributed by atoms with van der Waals surface area (Å²) in [6.07, 6.45) is 0.169. The highest BCUT2D eigenvalue weighted by Gasteiger charge is 2.18. The smallest absolute Gasteiger partial charge is 0.241 e. The fraction of sp³-hybridized carbons (Fsp3) is 0.562. The van der Waals surface area contributed by atoms with Crippen molar-refractivity contribution in [1.82, 2.24) is 9.80 Å². The highest BCUT2D eigenvalue weighted by Crippen LogP contribution is 2.16. The van der Waals surface area contributed by atoms with Gasteiger partial charge in [-0.3, -0.25) is 4.79 Å². The summed E-state index contributed by atoms with van der Waals surface area (Å²) < 4.78 is 5.59. The zero-order chi connectivity index (χ0) is 15.2. The normalized spacial score (nSPS) is 16.1. The van der Waals surface area contributed by atoms with Crippen molar-refractivity contribution in [3.8, 4) is 5.75 Å². The Labute approximate surface area is 126 Å². The van der Waals surface area contributed by atoms with E-state index in [1.165, 1.54) is 0 Å². The van der Waals surface area contributed by atoms with Gasteiger partial charge in [0.05, 0.1) is 12.6 Å². The molecular weight excluding hydrogens is 266 g/mol. The Hall–Kier alpha value is -1.75. The topological polar surface area (TPSA) is 44.8 Å². The molecule has 0 atom stereocenters. The third-order valence-electron chi connectivity index (χ3n) is 3.53. The van der Waals surface area contributed by atoms with Gasteiger partial charge < -0.3 is 19.9 Å². The van der Waals surface area contributed by atoms with Crippen LogP contribution in [0.5, 0.6) is 5.75 Å². The van der Waals surface area contributed by atoms with E-state index in [0.29, 0.717) is 6.54 Å². The Balaban J connectivity index is 1.78. The third-order valence-corrected chi connectivity index (χ3v) is 3.53. The van der Waals surface area contributed by atoms with Crippen LogP contribution < -0.4 is 10.1 Å². The number of nitrogens with zero attached hydrogens (tertiary/aromatic N) is 2. The van der Waals surface area contributed by atoms with Crippen LogP contribution in [0.2, 0.25) is 0 Å². The number of piperazine rings is 1. The largest absolute Gasteiger partial charge is 0.491 e. The van der Waals surface area contributed by atoms with Crippen LogP contribution in [0.1, 0.15) is 13.8 Å². The quantitative estimate of drug-likeness (QED) is 0.896. The zero-order valence-corrected chi connectivity index (χ0v) is 13.1. The highest BCUT2D eigenvalue weighted by molar-refractivity contribution is 5.81. The van der Waals surface area contributed by atoms with Crippen molar-refractivity contribution in [2.45, 2.75) is 20.0 Å². The molecule has 1 heterocycles. The molecule has 5 heteroatoms. The molecule has 0 unspecified atom stereocenters. The van der Waals surface area contributed by atoms with E-state index in [1.54, 1.807) is 0 Å². The van der Waals surface area contributed by atoms with Crippen molar-refractivity contribution in [2.24, 2.45) is 0 Å². The Kier molecular flexibility index (Phi) is 5.44. The summed E-state index contributed by atoms with van der Waals surface area (Å²) in [6, 6.07) is 7.72. The van der Waals surface area contributed by atoms with Gasteiger partial charge in [-0.1, -0.05) is 0 Å². The zero-order valence-electron chi connectivity index (χ0n) is 13.1. The molecule has 0 bridgehead atoms. The minimum Gasteiger partial charge on any atom is -0.491 e. The van der Waals surface area contributed by atoms with Gasteiger partial charge in [-0.05, 0) is 45.2 Å². The first-order valence-electron chi connectivity index (χ1n) is 7.51. The van der Waals surface area contributed by atoms with Crippen molar-refractivity contribution in [3.05, 3.63) is 24.3 Å².